The summed E-state index contributed by atoms with van der Waals surface area (Å²) in [4.78, 5) is 25.0. The molecule has 0 aromatic carbocycles. The molecule has 18 heavy (non-hydrogen) atoms. The molecule has 3 atom stereocenters. The highest BCUT2D eigenvalue weighted by Crippen LogP contribution is 2.27. The van der Waals surface area contributed by atoms with Crippen molar-refractivity contribution in [3.8, 4) is 12.3 Å². The molecular weight excluding hydrogens is 240 g/mol. The molecule has 7 heteroatoms. The molecule has 0 spiro atoms. The zero-order chi connectivity index (χ0) is 13.3. The first-order chi connectivity index (χ1) is 8.56. The van der Waals surface area contributed by atoms with E-state index < -0.39 is 29.7 Å². The van der Waals surface area contributed by atoms with Crippen LogP contribution in [0, 0.1) is 12.3 Å². The van der Waals surface area contributed by atoms with Crippen molar-refractivity contribution in [3.05, 3.63) is 32.6 Å². The van der Waals surface area contributed by atoms with Crippen LogP contribution in [0.2, 0.25) is 0 Å². The number of nitrogens with one attached hydrogen (secondary N) is 1. The van der Waals surface area contributed by atoms with Crippen LogP contribution >= 0.6 is 0 Å². The van der Waals surface area contributed by atoms with Crippen LogP contribution in [0.4, 0.5) is 0 Å². The van der Waals surface area contributed by atoms with Gasteiger partial charge in [-0.1, -0.05) is 5.92 Å². The number of hydrogen-bond acceptors (Lipinski definition) is 5. The summed E-state index contributed by atoms with van der Waals surface area (Å²) < 4.78 is 6.41. The molecule has 2 rings (SSSR count). The summed E-state index contributed by atoms with van der Waals surface area (Å²) in [7, 11) is 0. The van der Waals surface area contributed by atoms with Crippen molar-refractivity contribution in [1.29, 1.82) is 0 Å². The number of H-pyrrole nitrogens is 1. The summed E-state index contributed by atoms with van der Waals surface area (Å²) in [5, 5.41) is 18.5. The van der Waals surface area contributed by atoms with Gasteiger partial charge in [0.2, 0.25) is 0 Å². The van der Waals surface area contributed by atoms with Crippen LogP contribution in [-0.2, 0) is 4.74 Å². The van der Waals surface area contributed by atoms with Crippen LogP contribution in [0.25, 0.3) is 0 Å². The molecular formula is C11H12N2O5. The fourth-order valence-corrected chi connectivity index (χ4v) is 1.85. The van der Waals surface area contributed by atoms with E-state index in [1.807, 2.05) is 0 Å². The molecule has 2 heterocycles. The summed E-state index contributed by atoms with van der Waals surface area (Å²) in [6.45, 7) is -0.349. The number of aromatic amines is 1. The Hall–Kier alpha value is -1.88. The van der Waals surface area contributed by atoms with Gasteiger partial charge in [-0.3, -0.25) is 14.3 Å². The molecule has 0 radical (unpaired) electrons. The lowest BCUT2D eigenvalue weighted by molar-refractivity contribution is -0.0459. The lowest BCUT2D eigenvalue weighted by Gasteiger charge is -2.14. The van der Waals surface area contributed by atoms with Gasteiger partial charge < -0.3 is 14.9 Å². The van der Waals surface area contributed by atoms with Gasteiger partial charge in [-0.25, -0.2) is 4.79 Å². The summed E-state index contributed by atoms with van der Waals surface area (Å²) >= 11 is 0. The molecule has 0 bridgehead atoms. The van der Waals surface area contributed by atoms with Crippen molar-refractivity contribution < 1.29 is 14.9 Å². The fraction of sp³-hybridized carbons (Fsp3) is 0.455. The van der Waals surface area contributed by atoms with E-state index in [0.29, 0.717) is 0 Å². The van der Waals surface area contributed by atoms with Crippen molar-refractivity contribution in [2.45, 2.75) is 24.9 Å². The molecule has 0 amide bonds. The van der Waals surface area contributed by atoms with Gasteiger partial charge in [0, 0.05) is 12.6 Å². The highest BCUT2D eigenvalue weighted by atomic mass is 16.5. The maximum Gasteiger partial charge on any atom is 0.330 e. The van der Waals surface area contributed by atoms with Crippen LogP contribution in [0.1, 0.15) is 18.2 Å². The van der Waals surface area contributed by atoms with E-state index in [-0.39, 0.29) is 18.6 Å². The van der Waals surface area contributed by atoms with Gasteiger partial charge in [0.1, 0.15) is 17.9 Å². The average molecular weight is 252 g/mol. The zero-order valence-electron chi connectivity index (χ0n) is 9.37. The van der Waals surface area contributed by atoms with Gasteiger partial charge in [-0.05, 0) is 0 Å². The molecule has 1 aliphatic heterocycles. The predicted octanol–water partition coefficient (Wildman–Crippen LogP) is -1.84. The van der Waals surface area contributed by atoms with E-state index in [0.717, 1.165) is 4.57 Å². The molecule has 1 aromatic rings. The fourth-order valence-electron chi connectivity index (χ4n) is 1.85. The topological polar surface area (TPSA) is 105 Å². The summed E-state index contributed by atoms with van der Waals surface area (Å²) in [6, 6.07) is 0. The van der Waals surface area contributed by atoms with E-state index >= 15 is 0 Å². The van der Waals surface area contributed by atoms with Crippen LogP contribution in [0.3, 0.4) is 0 Å². The second-order valence-corrected chi connectivity index (χ2v) is 3.97. The molecule has 1 aliphatic rings. The Bertz CT molecular complexity index is 597. The molecule has 0 saturated carbocycles. The van der Waals surface area contributed by atoms with Crippen LogP contribution in [0.5, 0.6) is 0 Å². The van der Waals surface area contributed by atoms with Crippen LogP contribution < -0.4 is 11.2 Å². The number of terminal acetylenes is 1. The van der Waals surface area contributed by atoms with Crippen molar-refractivity contribution in [2.24, 2.45) is 0 Å². The molecule has 0 aliphatic carbocycles. The third kappa shape index (κ3) is 2.09. The number of ether oxygens (including phenoxy) is 1. The van der Waals surface area contributed by atoms with Crippen molar-refractivity contribution in [2.75, 3.05) is 6.61 Å². The second-order valence-electron chi connectivity index (χ2n) is 3.97. The van der Waals surface area contributed by atoms with Crippen LogP contribution in [0.15, 0.2) is 15.8 Å². The Kier molecular flexibility index (Phi) is 3.34. The molecule has 1 saturated heterocycles. The Balaban J connectivity index is 2.39. The molecule has 1 fully saturated rings. The summed E-state index contributed by atoms with van der Waals surface area (Å²) in [5.41, 5.74) is -1.31. The SMILES string of the molecule is C#Cc1cn([C@H]2C[C@@H](O)C(CO)O2)c(=O)[nH]c1=O. The molecule has 1 aromatic heterocycles. The first-order valence-electron chi connectivity index (χ1n) is 5.33. The summed E-state index contributed by atoms with van der Waals surface area (Å²) in [5.74, 6) is 2.15. The smallest absolute Gasteiger partial charge is 0.330 e. The van der Waals surface area contributed by atoms with Gasteiger partial charge in [0.25, 0.3) is 5.56 Å². The minimum Gasteiger partial charge on any atom is -0.394 e. The number of nitrogens with zero attached hydrogens (tertiary/aromatic N) is 1. The van der Waals surface area contributed by atoms with E-state index in [4.69, 9.17) is 16.3 Å². The van der Waals surface area contributed by atoms with Gasteiger partial charge in [-0.2, -0.15) is 0 Å². The highest BCUT2D eigenvalue weighted by Gasteiger charge is 2.35. The Labute approximate surface area is 102 Å². The van der Waals surface area contributed by atoms with Gasteiger partial charge in [0.05, 0.1) is 12.7 Å². The predicted molar refractivity (Wildman–Crippen MR) is 60.9 cm³/mol. The average Bonchev–Trinajstić information content (AvgIpc) is 2.70. The maximum atomic E-state index is 11.6. The highest BCUT2D eigenvalue weighted by molar-refractivity contribution is 5.26. The minimum absolute atomic E-state index is 0.000128. The monoisotopic (exact) mass is 252 g/mol. The Morgan fingerprint density at radius 1 is 1.61 bits per heavy atom. The van der Waals surface area contributed by atoms with Crippen molar-refractivity contribution in [1.82, 2.24) is 9.55 Å². The normalized spacial score (nSPS) is 27.1. The van der Waals surface area contributed by atoms with Gasteiger partial charge >= 0.3 is 5.69 Å². The lowest BCUT2D eigenvalue weighted by atomic mass is 10.2. The number of rotatable bonds is 2. The number of aliphatic hydroxyl groups excluding tert-OH is 2. The first kappa shape index (κ1) is 12.6. The van der Waals surface area contributed by atoms with E-state index in [1.165, 1.54) is 6.20 Å². The standard InChI is InChI=1S/C11H12N2O5/c1-2-6-4-13(11(17)12-10(6)16)9-3-7(15)8(5-14)18-9/h1,4,7-9,14-15H,3,5H2,(H,12,16,17)/t7-,8?,9-/m1/s1. The number of hydrogen-bond donors (Lipinski definition) is 3. The quantitative estimate of drug-likeness (QED) is 0.536. The van der Waals surface area contributed by atoms with Crippen molar-refractivity contribution in [3.63, 3.8) is 0 Å². The maximum absolute atomic E-state index is 11.6. The third-order valence-corrected chi connectivity index (χ3v) is 2.82. The zero-order valence-corrected chi connectivity index (χ0v) is 9.37. The third-order valence-electron chi connectivity index (χ3n) is 2.82. The lowest BCUT2D eigenvalue weighted by Crippen LogP contribution is -2.33. The van der Waals surface area contributed by atoms with Gasteiger partial charge in [0.15, 0.2) is 0 Å². The Morgan fingerprint density at radius 2 is 2.33 bits per heavy atom. The molecule has 7 nitrogen and oxygen atoms in total. The molecule has 1 unspecified atom stereocenters. The van der Waals surface area contributed by atoms with E-state index in [9.17, 15) is 14.7 Å². The number of aliphatic hydroxyl groups is 2. The van der Waals surface area contributed by atoms with Crippen LogP contribution in [-0.4, -0.2) is 38.6 Å². The largest absolute Gasteiger partial charge is 0.394 e. The number of aromatic nitrogens is 2. The molecule has 3 N–H and O–H groups in total. The first-order valence-corrected chi connectivity index (χ1v) is 5.33. The minimum atomic E-state index is -0.867. The summed E-state index contributed by atoms with van der Waals surface area (Å²) in [6.07, 6.45) is 4.11. The second kappa shape index (κ2) is 4.78. The Morgan fingerprint density at radius 3 is 2.89 bits per heavy atom. The van der Waals surface area contributed by atoms with Gasteiger partial charge in [-0.15, -0.1) is 6.42 Å². The molecule has 96 valence electrons. The van der Waals surface area contributed by atoms with Crippen molar-refractivity contribution >= 4 is 0 Å². The van der Waals surface area contributed by atoms with E-state index in [1.54, 1.807) is 0 Å². The van der Waals surface area contributed by atoms with E-state index in [2.05, 4.69) is 10.9 Å².